The average Bonchev–Trinajstić information content (AvgIpc) is 2.96. The van der Waals surface area contributed by atoms with Crippen molar-refractivity contribution in [3.05, 3.63) is 35.4 Å². The number of amides is 1. The molecule has 0 saturated heterocycles. The van der Waals surface area contributed by atoms with Gasteiger partial charge in [0.05, 0.1) is 5.56 Å². The minimum Gasteiger partial charge on any atom is -0.478 e. The molecule has 0 radical (unpaired) electrons. The van der Waals surface area contributed by atoms with Gasteiger partial charge in [0.2, 0.25) is 5.91 Å². The molecule has 0 spiro atoms. The Morgan fingerprint density at radius 3 is 2.33 bits per heavy atom. The van der Waals surface area contributed by atoms with Gasteiger partial charge in [0, 0.05) is 12.5 Å². The lowest BCUT2D eigenvalue weighted by atomic mass is 10.1. The van der Waals surface area contributed by atoms with Crippen LogP contribution in [0, 0.1) is 11.3 Å². The summed E-state index contributed by atoms with van der Waals surface area (Å²) in [6, 6.07) is 6.54. The molecular weight excluding hydrogens is 230 g/mol. The van der Waals surface area contributed by atoms with Gasteiger partial charge in [0.15, 0.2) is 0 Å². The third kappa shape index (κ3) is 2.70. The summed E-state index contributed by atoms with van der Waals surface area (Å²) >= 11 is 0. The highest BCUT2D eigenvalue weighted by Crippen LogP contribution is 2.51. The fraction of sp³-hybridized carbons (Fsp3) is 0.429. The van der Waals surface area contributed by atoms with Crippen LogP contribution in [-0.4, -0.2) is 17.0 Å². The van der Waals surface area contributed by atoms with E-state index in [4.69, 9.17) is 5.11 Å². The summed E-state index contributed by atoms with van der Waals surface area (Å²) in [5, 5.41) is 11.6. The van der Waals surface area contributed by atoms with Crippen LogP contribution in [0.15, 0.2) is 24.3 Å². The zero-order valence-electron chi connectivity index (χ0n) is 10.6. The number of rotatable bonds is 4. The molecule has 1 atom stereocenters. The molecule has 96 valence electrons. The smallest absolute Gasteiger partial charge is 0.335 e. The van der Waals surface area contributed by atoms with E-state index in [2.05, 4.69) is 19.2 Å². The lowest BCUT2D eigenvalue weighted by molar-refractivity contribution is -0.123. The number of aromatic carboxylic acids is 1. The highest BCUT2D eigenvalue weighted by Gasteiger charge is 2.50. The average molecular weight is 247 g/mol. The number of hydrogen-bond donors (Lipinski definition) is 2. The lowest BCUT2D eigenvalue weighted by Crippen LogP contribution is -2.26. The van der Waals surface area contributed by atoms with Gasteiger partial charge in [-0.25, -0.2) is 4.79 Å². The molecule has 0 bridgehead atoms. The molecule has 1 unspecified atom stereocenters. The second-order valence-electron chi connectivity index (χ2n) is 5.47. The first-order chi connectivity index (χ1) is 8.40. The van der Waals surface area contributed by atoms with Crippen molar-refractivity contribution in [3.63, 3.8) is 0 Å². The maximum absolute atomic E-state index is 11.8. The Hall–Kier alpha value is -1.84. The summed E-state index contributed by atoms with van der Waals surface area (Å²) in [6.45, 7) is 4.61. The Morgan fingerprint density at radius 1 is 1.33 bits per heavy atom. The first-order valence-corrected chi connectivity index (χ1v) is 6.00. The number of hydrogen-bond acceptors (Lipinski definition) is 2. The summed E-state index contributed by atoms with van der Waals surface area (Å²) < 4.78 is 0. The van der Waals surface area contributed by atoms with E-state index in [1.54, 1.807) is 24.3 Å². The van der Waals surface area contributed by atoms with Gasteiger partial charge in [-0.05, 0) is 29.5 Å². The third-order valence-electron chi connectivity index (χ3n) is 3.50. The van der Waals surface area contributed by atoms with Gasteiger partial charge >= 0.3 is 5.97 Å². The SMILES string of the molecule is CC1(C)CC1C(=O)NCc1ccc(C(=O)O)cc1. The highest BCUT2D eigenvalue weighted by atomic mass is 16.4. The molecule has 2 rings (SSSR count). The topological polar surface area (TPSA) is 66.4 Å². The van der Waals surface area contributed by atoms with Gasteiger partial charge in [0.1, 0.15) is 0 Å². The molecule has 1 fully saturated rings. The van der Waals surface area contributed by atoms with E-state index < -0.39 is 5.97 Å². The Kier molecular flexibility index (Phi) is 3.11. The van der Waals surface area contributed by atoms with Crippen LogP contribution in [0.25, 0.3) is 0 Å². The van der Waals surface area contributed by atoms with E-state index in [0.29, 0.717) is 6.54 Å². The lowest BCUT2D eigenvalue weighted by Gasteiger charge is -2.07. The van der Waals surface area contributed by atoms with Crippen LogP contribution >= 0.6 is 0 Å². The van der Waals surface area contributed by atoms with Crippen molar-refractivity contribution < 1.29 is 14.7 Å². The Balaban J connectivity index is 1.87. The van der Waals surface area contributed by atoms with Crippen LogP contribution in [0.4, 0.5) is 0 Å². The third-order valence-corrected chi connectivity index (χ3v) is 3.50. The monoisotopic (exact) mass is 247 g/mol. The first-order valence-electron chi connectivity index (χ1n) is 6.00. The number of benzene rings is 1. The predicted octanol–water partition coefficient (Wildman–Crippen LogP) is 2.05. The maximum Gasteiger partial charge on any atom is 0.335 e. The predicted molar refractivity (Wildman–Crippen MR) is 67.1 cm³/mol. The van der Waals surface area contributed by atoms with E-state index in [-0.39, 0.29) is 22.8 Å². The Bertz CT molecular complexity index is 476. The highest BCUT2D eigenvalue weighted by molar-refractivity contribution is 5.87. The normalized spacial score (nSPS) is 20.2. The van der Waals surface area contributed by atoms with Gasteiger partial charge in [-0.3, -0.25) is 4.79 Å². The molecule has 1 saturated carbocycles. The second-order valence-corrected chi connectivity index (χ2v) is 5.47. The number of carboxylic acid groups (broad SMARTS) is 1. The van der Waals surface area contributed by atoms with Crippen LogP contribution in [0.2, 0.25) is 0 Å². The van der Waals surface area contributed by atoms with Gasteiger partial charge < -0.3 is 10.4 Å². The molecule has 0 aliphatic heterocycles. The van der Waals surface area contributed by atoms with Crippen LogP contribution in [-0.2, 0) is 11.3 Å². The molecule has 2 N–H and O–H groups in total. The van der Waals surface area contributed by atoms with Crippen LogP contribution in [0.3, 0.4) is 0 Å². The van der Waals surface area contributed by atoms with E-state index in [0.717, 1.165) is 12.0 Å². The van der Waals surface area contributed by atoms with E-state index in [1.807, 2.05) is 0 Å². The van der Waals surface area contributed by atoms with Crippen molar-refractivity contribution in [1.82, 2.24) is 5.32 Å². The molecule has 1 aliphatic rings. The molecule has 0 heterocycles. The van der Waals surface area contributed by atoms with Gasteiger partial charge in [0.25, 0.3) is 0 Å². The number of carboxylic acids is 1. The second kappa shape index (κ2) is 4.44. The molecule has 1 aromatic carbocycles. The molecule has 1 amide bonds. The van der Waals surface area contributed by atoms with E-state index in [1.165, 1.54) is 0 Å². The number of nitrogens with one attached hydrogen (secondary N) is 1. The zero-order chi connectivity index (χ0) is 13.3. The first kappa shape index (κ1) is 12.6. The van der Waals surface area contributed by atoms with Crippen molar-refractivity contribution >= 4 is 11.9 Å². The van der Waals surface area contributed by atoms with Crippen LogP contribution < -0.4 is 5.32 Å². The molecule has 1 aromatic rings. The standard InChI is InChI=1S/C14H17NO3/c1-14(2)7-11(14)12(16)15-8-9-3-5-10(6-4-9)13(17)18/h3-6,11H,7-8H2,1-2H3,(H,15,16)(H,17,18). The minimum atomic E-state index is -0.940. The molecule has 4 nitrogen and oxygen atoms in total. The van der Waals surface area contributed by atoms with Gasteiger partial charge in [-0.2, -0.15) is 0 Å². The van der Waals surface area contributed by atoms with Crippen molar-refractivity contribution in [2.24, 2.45) is 11.3 Å². The zero-order valence-corrected chi connectivity index (χ0v) is 10.6. The summed E-state index contributed by atoms with van der Waals surface area (Å²) in [4.78, 5) is 22.4. The summed E-state index contributed by atoms with van der Waals surface area (Å²) in [5.41, 5.74) is 1.30. The maximum atomic E-state index is 11.8. The minimum absolute atomic E-state index is 0.0855. The Labute approximate surface area is 106 Å². The van der Waals surface area contributed by atoms with E-state index >= 15 is 0 Å². The van der Waals surface area contributed by atoms with Crippen LogP contribution in [0.1, 0.15) is 36.2 Å². The fourth-order valence-electron chi connectivity index (χ4n) is 1.99. The van der Waals surface area contributed by atoms with Crippen molar-refractivity contribution in [1.29, 1.82) is 0 Å². The molecular formula is C14H17NO3. The Morgan fingerprint density at radius 2 is 1.89 bits per heavy atom. The van der Waals surface area contributed by atoms with Crippen molar-refractivity contribution in [2.75, 3.05) is 0 Å². The van der Waals surface area contributed by atoms with Crippen molar-refractivity contribution in [2.45, 2.75) is 26.8 Å². The summed E-state index contributed by atoms with van der Waals surface area (Å²) in [7, 11) is 0. The summed E-state index contributed by atoms with van der Waals surface area (Å²) in [5.74, 6) is -0.733. The van der Waals surface area contributed by atoms with Crippen LogP contribution in [0.5, 0.6) is 0 Å². The quantitative estimate of drug-likeness (QED) is 0.855. The van der Waals surface area contributed by atoms with E-state index in [9.17, 15) is 9.59 Å². The molecule has 18 heavy (non-hydrogen) atoms. The number of carbonyl (C=O) groups excluding carboxylic acids is 1. The summed E-state index contributed by atoms with van der Waals surface area (Å²) in [6.07, 6.45) is 0.941. The molecule has 1 aliphatic carbocycles. The largest absolute Gasteiger partial charge is 0.478 e. The van der Waals surface area contributed by atoms with Crippen molar-refractivity contribution in [3.8, 4) is 0 Å². The van der Waals surface area contributed by atoms with Gasteiger partial charge in [-0.15, -0.1) is 0 Å². The number of carbonyl (C=O) groups is 2. The molecule has 4 heteroatoms. The van der Waals surface area contributed by atoms with Gasteiger partial charge in [-0.1, -0.05) is 26.0 Å². The fourth-order valence-corrected chi connectivity index (χ4v) is 1.99. The molecule has 0 aromatic heterocycles.